The van der Waals surface area contributed by atoms with E-state index >= 15 is 0 Å². The van der Waals surface area contributed by atoms with Crippen LogP contribution in [0.15, 0.2) is 64.5 Å². The monoisotopic (exact) mass is 448 g/mol. The van der Waals surface area contributed by atoms with Crippen molar-refractivity contribution >= 4 is 36.5 Å². The van der Waals surface area contributed by atoms with Crippen LogP contribution < -0.4 is 4.31 Å². The average Bonchev–Trinajstić information content (AvgIpc) is 3.15. The largest absolute Gasteiger partial charge is 0.361 e. The molecule has 1 atom stereocenters. The van der Waals surface area contributed by atoms with E-state index in [2.05, 4.69) is 18.8 Å². The van der Waals surface area contributed by atoms with Gasteiger partial charge in [-0.3, -0.25) is 4.31 Å². The number of benzene rings is 2. The molecule has 1 unspecified atom stereocenters. The van der Waals surface area contributed by atoms with Crippen LogP contribution in [-0.2, 0) is 19.9 Å². The van der Waals surface area contributed by atoms with E-state index in [0.29, 0.717) is 18.0 Å². The zero-order valence-electron chi connectivity index (χ0n) is 17.7. The molecule has 30 heavy (non-hydrogen) atoms. The number of aromatic nitrogens is 1. The maximum Gasteiger partial charge on any atom is 0.264 e. The number of fused-ring (bicyclic) bond motifs is 1. The van der Waals surface area contributed by atoms with E-state index in [9.17, 15) is 16.8 Å². The van der Waals surface area contributed by atoms with Gasteiger partial charge < -0.3 is 4.98 Å². The number of hydrogen-bond donors (Lipinski definition) is 1. The van der Waals surface area contributed by atoms with E-state index in [1.807, 2.05) is 31.3 Å². The highest BCUT2D eigenvalue weighted by atomic mass is 32.2. The van der Waals surface area contributed by atoms with Crippen molar-refractivity contribution in [3.05, 3.63) is 54.7 Å². The highest BCUT2D eigenvalue weighted by Crippen LogP contribution is 2.31. The van der Waals surface area contributed by atoms with Crippen molar-refractivity contribution in [1.29, 1.82) is 0 Å². The highest BCUT2D eigenvalue weighted by molar-refractivity contribution is 7.93. The van der Waals surface area contributed by atoms with Crippen molar-refractivity contribution in [2.75, 3.05) is 10.1 Å². The average molecular weight is 449 g/mol. The summed E-state index contributed by atoms with van der Waals surface area (Å²) in [5.41, 5.74) is 1.52. The Labute approximate surface area is 178 Å². The molecule has 1 heterocycles. The lowest BCUT2D eigenvalue weighted by molar-refractivity contribution is 0.509. The van der Waals surface area contributed by atoms with E-state index in [1.54, 1.807) is 13.0 Å². The predicted molar refractivity (Wildman–Crippen MR) is 121 cm³/mol. The Balaban J connectivity index is 2.09. The molecule has 0 radical (unpaired) electrons. The lowest BCUT2D eigenvalue weighted by Gasteiger charge is -2.31. The van der Waals surface area contributed by atoms with Gasteiger partial charge in [0.15, 0.2) is 9.84 Å². The van der Waals surface area contributed by atoms with E-state index in [1.165, 1.54) is 28.6 Å². The SMILES string of the molecule is CCS(=O)(=O)c1ccc(S(=O)(=O)N(c2ccc3[nH]ccc3c2)C(C)CC(C)C)cc1. The van der Waals surface area contributed by atoms with E-state index in [4.69, 9.17) is 0 Å². The molecule has 1 aromatic heterocycles. The fraction of sp³-hybridized carbons (Fsp3) is 0.364. The molecule has 2 aromatic carbocycles. The van der Waals surface area contributed by atoms with Crippen LogP contribution >= 0.6 is 0 Å². The van der Waals surface area contributed by atoms with Gasteiger partial charge in [-0.15, -0.1) is 0 Å². The number of anilines is 1. The zero-order chi connectivity index (χ0) is 22.1. The van der Waals surface area contributed by atoms with Crippen LogP contribution in [-0.4, -0.2) is 33.6 Å². The Morgan fingerprint density at radius 2 is 1.53 bits per heavy atom. The summed E-state index contributed by atoms with van der Waals surface area (Å²) in [7, 11) is -7.29. The van der Waals surface area contributed by atoms with Gasteiger partial charge in [-0.2, -0.15) is 0 Å². The molecular formula is C22H28N2O4S2. The number of sulfonamides is 1. The lowest BCUT2D eigenvalue weighted by atomic mass is 10.0. The summed E-state index contributed by atoms with van der Waals surface area (Å²) in [5, 5.41) is 0.925. The zero-order valence-corrected chi connectivity index (χ0v) is 19.3. The van der Waals surface area contributed by atoms with Crippen LogP contribution in [0.4, 0.5) is 5.69 Å². The van der Waals surface area contributed by atoms with Crippen molar-refractivity contribution in [2.45, 2.75) is 49.9 Å². The molecule has 0 aliphatic rings. The van der Waals surface area contributed by atoms with Crippen LogP contribution in [0, 0.1) is 5.92 Å². The van der Waals surface area contributed by atoms with Crippen LogP contribution in [0.2, 0.25) is 0 Å². The molecule has 0 spiro atoms. The van der Waals surface area contributed by atoms with Crippen molar-refractivity contribution in [3.63, 3.8) is 0 Å². The summed E-state index contributed by atoms with van der Waals surface area (Å²) in [6.07, 6.45) is 2.50. The first-order valence-corrected chi connectivity index (χ1v) is 13.1. The normalized spacial score (nSPS) is 13.6. The summed E-state index contributed by atoms with van der Waals surface area (Å²) in [5.74, 6) is 0.276. The number of H-pyrrole nitrogens is 1. The van der Waals surface area contributed by atoms with Crippen LogP contribution in [0.5, 0.6) is 0 Å². The highest BCUT2D eigenvalue weighted by Gasteiger charge is 2.30. The molecule has 1 N–H and O–H groups in total. The first kappa shape index (κ1) is 22.4. The molecule has 0 amide bonds. The maximum atomic E-state index is 13.6. The van der Waals surface area contributed by atoms with E-state index in [-0.39, 0.29) is 21.6 Å². The topological polar surface area (TPSA) is 87.3 Å². The number of nitrogens with zero attached hydrogens (tertiary/aromatic N) is 1. The summed E-state index contributed by atoms with van der Waals surface area (Å²) in [6, 6.07) is 12.6. The molecule has 0 aliphatic heterocycles. The molecule has 0 bridgehead atoms. The van der Waals surface area contributed by atoms with Gasteiger partial charge in [-0.05, 0) is 67.8 Å². The van der Waals surface area contributed by atoms with Crippen LogP contribution in [0.3, 0.4) is 0 Å². The third-order valence-corrected chi connectivity index (χ3v) is 8.83. The van der Waals surface area contributed by atoms with Crippen LogP contribution in [0.1, 0.15) is 34.1 Å². The third kappa shape index (κ3) is 4.39. The molecule has 162 valence electrons. The number of aromatic amines is 1. The van der Waals surface area contributed by atoms with Gasteiger partial charge in [-0.25, -0.2) is 16.8 Å². The second-order valence-electron chi connectivity index (χ2n) is 7.90. The summed E-state index contributed by atoms with van der Waals surface area (Å²) in [4.78, 5) is 3.31. The molecule has 0 saturated heterocycles. The van der Waals surface area contributed by atoms with Crippen LogP contribution in [0.25, 0.3) is 10.9 Å². The third-order valence-electron chi connectivity index (χ3n) is 5.12. The minimum Gasteiger partial charge on any atom is -0.361 e. The molecule has 8 heteroatoms. The second kappa shape index (κ2) is 8.43. The predicted octanol–water partition coefficient (Wildman–Crippen LogP) is 4.59. The molecule has 3 aromatic rings. The second-order valence-corrected chi connectivity index (χ2v) is 12.0. The van der Waals surface area contributed by atoms with Gasteiger partial charge in [-0.1, -0.05) is 20.8 Å². The molecule has 6 nitrogen and oxygen atoms in total. The number of hydrogen-bond acceptors (Lipinski definition) is 4. The van der Waals surface area contributed by atoms with E-state index in [0.717, 1.165) is 10.9 Å². The smallest absolute Gasteiger partial charge is 0.264 e. The Bertz CT molecular complexity index is 1230. The quantitative estimate of drug-likeness (QED) is 0.546. The minimum absolute atomic E-state index is 0.0344. The van der Waals surface area contributed by atoms with Crippen molar-refractivity contribution < 1.29 is 16.8 Å². The fourth-order valence-corrected chi connectivity index (χ4v) is 6.23. The van der Waals surface area contributed by atoms with Crippen molar-refractivity contribution in [1.82, 2.24) is 4.98 Å². The van der Waals surface area contributed by atoms with Gasteiger partial charge in [0.1, 0.15) is 0 Å². The Hall–Kier alpha value is -2.32. The molecule has 3 rings (SSSR count). The summed E-state index contributed by atoms with van der Waals surface area (Å²) >= 11 is 0. The van der Waals surface area contributed by atoms with Crippen molar-refractivity contribution in [3.8, 4) is 0 Å². The Kier molecular flexibility index (Phi) is 6.29. The first-order chi connectivity index (χ1) is 14.1. The number of rotatable bonds is 8. The fourth-order valence-electron chi connectivity index (χ4n) is 3.69. The number of sulfone groups is 1. The summed E-state index contributed by atoms with van der Waals surface area (Å²) < 4.78 is 52.9. The van der Waals surface area contributed by atoms with Gasteiger partial charge >= 0.3 is 0 Å². The standard InChI is InChI=1S/C22H28N2O4S2/c1-5-29(25,26)20-7-9-21(10-8-20)30(27,28)24(17(4)14-16(2)3)19-6-11-22-18(15-19)12-13-23-22/h6-13,15-17,23H,5,14H2,1-4H3. The minimum atomic E-state index is -3.89. The first-order valence-electron chi connectivity index (χ1n) is 10.0. The van der Waals surface area contributed by atoms with Gasteiger partial charge in [0.2, 0.25) is 0 Å². The molecular weight excluding hydrogens is 420 g/mol. The maximum absolute atomic E-state index is 13.6. The Morgan fingerprint density at radius 3 is 2.13 bits per heavy atom. The van der Waals surface area contributed by atoms with Gasteiger partial charge in [0.05, 0.1) is 21.2 Å². The summed E-state index contributed by atoms with van der Waals surface area (Å²) in [6.45, 7) is 7.57. The van der Waals surface area contributed by atoms with Crippen molar-refractivity contribution in [2.24, 2.45) is 5.92 Å². The van der Waals surface area contributed by atoms with Gasteiger partial charge in [0, 0.05) is 23.1 Å². The molecule has 0 aliphatic carbocycles. The molecule has 0 saturated carbocycles. The Morgan fingerprint density at radius 1 is 0.900 bits per heavy atom. The number of nitrogens with one attached hydrogen (secondary N) is 1. The van der Waals surface area contributed by atoms with Gasteiger partial charge in [0.25, 0.3) is 10.0 Å². The molecule has 0 fully saturated rings. The van der Waals surface area contributed by atoms with E-state index < -0.39 is 19.9 Å². The lowest BCUT2D eigenvalue weighted by Crippen LogP contribution is -2.39.